The van der Waals surface area contributed by atoms with Gasteiger partial charge in [-0.2, -0.15) is 23.3 Å². The Balaban J connectivity index is 2.37. The molecule has 2 rings (SSSR count). The molecule has 0 saturated heterocycles. The zero-order valence-corrected chi connectivity index (χ0v) is 8.84. The number of hydrogen-bond acceptors (Lipinski definition) is 4. The van der Waals surface area contributed by atoms with Crippen LogP contribution < -0.4 is 5.01 Å². The third-order valence-electron chi connectivity index (χ3n) is 2.09. The summed E-state index contributed by atoms with van der Waals surface area (Å²) in [5, 5.41) is 5.71. The van der Waals surface area contributed by atoms with Crippen molar-refractivity contribution in [3.63, 3.8) is 0 Å². The van der Waals surface area contributed by atoms with Gasteiger partial charge in [-0.15, -0.1) is 11.3 Å². The highest BCUT2D eigenvalue weighted by Gasteiger charge is 2.48. The minimum atomic E-state index is -4.58. The van der Waals surface area contributed by atoms with Crippen LogP contribution in [-0.2, 0) is 4.79 Å². The number of carbonyl (C=O) groups excluding carboxylic acids is 1. The van der Waals surface area contributed by atoms with E-state index in [9.17, 15) is 18.0 Å². The largest absolute Gasteiger partial charge is 0.432 e. The van der Waals surface area contributed by atoms with Crippen LogP contribution in [-0.4, -0.2) is 22.8 Å². The average molecular weight is 249 g/mol. The standard InChI is InChI=1S/C8H6F3N3OS/c1-4-5(8(9,10)11)13-14(6(4)15)7-12-2-3-16-7/h2-4H,1H3. The molecule has 0 spiro atoms. The van der Waals surface area contributed by atoms with E-state index in [0.717, 1.165) is 11.3 Å². The maximum absolute atomic E-state index is 12.5. The predicted molar refractivity (Wildman–Crippen MR) is 52.3 cm³/mol. The molecule has 0 N–H and O–H groups in total. The Labute approximate surface area is 92.4 Å². The maximum atomic E-state index is 12.5. The van der Waals surface area contributed by atoms with E-state index in [1.54, 1.807) is 5.38 Å². The molecule has 16 heavy (non-hydrogen) atoms. The monoisotopic (exact) mass is 249 g/mol. The number of thiazole rings is 1. The van der Waals surface area contributed by atoms with Gasteiger partial charge in [0.1, 0.15) is 0 Å². The third kappa shape index (κ3) is 1.69. The maximum Gasteiger partial charge on any atom is 0.432 e. The second-order valence-corrected chi connectivity index (χ2v) is 4.04. The fraction of sp³-hybridized carbons (Fsp3) is 0.375. The first-order chi connectivity index (χ1) is 7.41. The highest BCUT2D eigenvalue weighted by molar-refractivity contribution is 7.13. The molecule has 0 aliphatic carbocycles. The first-order valence-electron chi connectivity index (χ1n) is 4.30. The van der Waals surface area contributed by atoms with Crippen LogP contribution >= 0.6 is 11.3 Å². The van der Waals surface area contributed by atoms with Crippen LogP contribution in [0.4, 0.5) is 18.3 Å². The van der Waals surface area contributed by atoms with Gasteiger partial charge in [0.15, 0.2) is 5.71 Å². The lowest BCUT2D eigenvalue weighted by Gasteiger charge is -2.08. The summed E-state index contributed by atoms with van der Waals surface area (Å²) in [7, 11) is 0. The first kappa shape index (κ1) is 11.1. The Hall–Kier alpha value is -1.44. The predicted octanol–water partition coefficient (Wildman–Crippen LogP) is 2.04. The summed E-state index contributed by atoms with van der Waals surface area (Å²) in [6.07, 6.45) is -3.18. The van der Waals surface area contributed by atoms with Gasteiger partial charge in [0.2, 0.25) is 5.13 Å². The van der Waals surface area contributed by atoms with Gasteiger partial charge in [0, 0.05) is 11.6 Å². The van der Waals surface area contributed by atoms with Crippen molar-refractivity contribution in [1.29, 1.82) is 0 Å². The molecule has 1 atom stereocenters. The van der Waals surface area contributed by atoms with Gasteiger partial charge < -0.3 is 0 Å². The van der Waals surface area contributed by atoms with Gasteiger partial charge in [0.05, 0.1) is 5.92 Å². The summed E-state index contributed by atoms with van der Waals surface area (Å²) in [4.78, 5) is 15.3. The van der Waals surface area contributed by atoms with Crippen molar-refractivity contribution in [2.75, 3.05) is 5.01 Å². The highest BCUT2D eigenvalue weighted by Crippen LogP contribution is 2.32. The topological polar surface area (TPSA) is 45.6 Å². The van der Waals surface area contributed by atoms with E-state index in [-0.39, 0.29) is 5.13 Å². The first-order valence-corrected chi connectivity index (χ1v) is 5.18. The van der Waals surface area contributed by atoms with Gasteiger partial charge >= 0.3 is 6.18 Å². The molecular weight excluding hydrogens is 243 g/mol. The average Bonchev–Trinajstić information content (AvgIpc) is 2.75. The summed E-state index contributed by atoms with van der Waals surface area (Å²) >= 11 is 1.06. The van der Waals surface area contributed by atoms with Crippen LogP contribution in [0, 0.1) is 5.92 Å². The second-order valence-electron chi connectivity index (χ2n) is 3.17. The van der Waals surface area contributed by atoms with E-state index in [1.807, 2.05) is 0 Å². The number of anilines is 1. The molecule has 2 heterocycles. The molecule has 0 fully saturated rings. The Morgan fingerprint density at radius 1 is 1.50 bits per heavy atom. The van der Waals surface area contributed by atoms with Crippen molar-refractivity contribution >= 4 is 28.1 Å². The summed E-state index contributed by atoms with van der Waals surface area (Å²) in [6, 6.07) is 0. The molecule has 1 aliphatic rings. The van der Waals surface area contributed by atoms with E-state index in [4.69, 9.17) is 0 Å². The van der Waals surface area contributed by atoms with Crippen molar-refractivity contribution in [1.82, 2.24) is 4.98 Å². The molecule has 0 bridgehead atoms. The molecular formula is C8H6F3N3OS. The van der Waals surface area contributed by atoms with Gasteiger partial charge in [-0.3, -0.25) is 4.79 Å². The lowest BCUT2D eigenvalue weighted by molar-refractivity contribution is -0.120. The lowest BCUT2D eigenvalue weighted by Crippen LogP contribution is -2.31. The molecule has 86 valence electrons. The van der Waals surface area contributed by atoms with E-state index in [1.165, 1.54) is 13.1 Å². The minimum absolute atomic E-state index is 0.149. The van der Waals surface area contributed by atoms with E-state index in [0.29, 0.717) is 5.01 Å². The summed E-state index contributed by atoms with van der Waals surface area (Å²) in [6.45, 7) is 1.18. The Kier molecular flexibility index (Phi) is 2.45. The zero-order chi connectivity index (χ0) is 11.9. The summed E-state index contributed by atoms with van der Waals surface area (Å²) in [5.41, 5.74) is -1.08. The van der Waals surface area contributed by atoms with Gasteiger partial charge in [-0.1, -0.05) is 0 Å². The van der Waals surface area contributed by atoms with Crippen LogP contribution in [0.2, 0.25) is 0 Å². The van der Waals surface area contributed by atoms with Crippen molar-refractivity contribution in [3.05, 3.63) is 11.6 Å². The third-order valence-corrected chi connectivity index (χ3v) is 2.83. The molecule has 1 amide bonds. The molecule has 0 saturated carbocycles. The number of alkyl halides is 3. The van der Waals surface area contributed by atoms with Crippen LogP contribution in [0.3, 0.4) is 0 Å². The van der Waals surface area contributed by atoms with Gasteiger partial charge in [-0.25, -0.2) is 4.98 Å². The SMILES string of the molecule is CC1C(=O)N(c2nccs2)N=C1C(F)(F)F. The molecule has 8 heteroatoms. The quantitative estimate of drug-likeness (QED) is 0.764. The zero-order valence-electron chi connectivity index (χ0n) is 8.02. The van der Waals surface area contributed by atoms with E-state index >= 15 is 0 Å². The van der Waals surface area contributed by atoms with Crippen molar-refractivity contribution in [2.45, 2.75) is 13.1 Å². The second kappa shape index (κ2) is 3.55. The Morgan fingerprint density at radius 3 is 2.62 bits per heavy atom. The van der Waals surface area contributed by atoms with Crippen LogP contribution in [0.5, 0.6) is 0 Å². The van der Waals surface area contributed by atoms with Gasteiger partial charge in [0.25, 0.3) is 5.91 Å². The molecule has 1 aromatic rings. The Morgan fingerprint density at radius 2 is 2.19 bits per heavy atom. The molecule has 1 aromatic heterocycles. The number of nitrogens with zero attached hydrogens (tertiary/aromatic N) is 3. The molecule has 4 nitrogen and oxygen atoms in total. The van der Waals surface area contributed by atoms with Crippen molar-refractivity contribution in [3.8, 4) is 0 Å². The minimum Gasteiger partial charge on any atom is -0.272 e. The number of halogens is 3. The number of carbonyl (C=O) groups is 1. The smallest absolute Gasteiger partial charge is 0.272 e. The number of hydrazone groups is 1. The number of amides is 1. The normalized spacial score (nSPS) is 21.5. The fourth-order valence-electron chi connectivity index (χ4n) is 1.30. The highest BCUT2D eigenvalue weighted by atomic mass is 32.1. The number of hydrogen-bond donors (Lipinski definition) is 0. The molecule has 0 aromatic carbocycles. The lowest BCUT2D eigenvalue weighted by atomic mass is 10.1. The summed E-state index contributed by atoms with van der Waals surface area (Å²) in [5.74, 6) is -1.98. The van der Waals surface area contributed by atoms with Gasteiger partial charge in [-0.05, 0) is 6.92 Å². The fourth-order valence-corrected chi connectivity index (χ4v) is 1.90. The van der Waals surface area contributed by atoms with Crippen LogP contribution in [0.15, 0.2) is 16.7 Å². The molecule has 1 unspecified atom stereocenters. The number of rotatable bonds is 1. The molecule has 1 aliphatic heterocycles. The van der Waals surface area contributed by atoms with Crippen LogP contribution in [0.25, 0.3) is 0 Å². The number of aromatic nitrogens is 1. The molecule has 0 radical (unpaired) electrons. The van der Waals surface area contributed by atoms with Crippen molar-refractivity contribution in [2.24, 2.45) is 11.0 Å². The Bertz CT molecular complexity index is 440. The van der Waals surface area contributed by atoms with E-state index in [2.05, 4.69) is 10.1 Å². The summed E-state index contributed by atoms with van der Waals surface area (Å²) < 4.78 is 37.4. The van der Waals surface area contributed by atoms with E-state index < -0.39 is 23.7 Å². The van der Waals surface area contributed by atoms with Crippen molar-refractivity contribution < 1.29 is 18.0 Å². The van der Waals surface area contributed by atoms with Crippen LogP contribution in [0.1, 0.15) is 6.92 Å².